The molecule has 0 bridgehead atoms. The Balaban J connectivity index is 1.42. The highest BCUT2D eigenvalue weighted by Crippen LogP contribution is 2.62. The summed E-state index contributed by atoms with van der Waals surface area (Å²) in [5.41, 5.74) is 3.43. The highest BCUT2D eigenvalue weighted by molar-refractivity contribution is 6.18. The number of unbranched alkanes of at least 4 members (excludes halogenated alkanes) is 2. The molecule has 0 radical (unpaired) electrons. The summed E-state index contributed by atoms with van der Waals surface area (Å²) in [6.07, 6.45) is 7.40. The van der Waals surface area contributed by atoms with Crippen molar-refractivity contribution in [3.8, 4) is 23.0 Å². The number of oxime groups is 1. The summed E-state index contributed by atoms with van der Waals surface area (Å²) in [4.78, 5) is 33.1. The quantitative estimate of drug-likeness (QED) is 0.0330. The van der Waals surface area contributed by atoms with Crippen molar-refractivity contribution in [1.29, 1.82) is 0 Å². The van der Waals surface area contributed by atoms with E-state index in [1.165, 1.54) is 12.1 Å². The maximum absolute atomic E-state index is 14.5. The molecule has 2 aliphatic carbocycles. The molecule has 0 aromatic heterocycles. The highest BCUT2D eigenvalue weighted by atomic mass is 35.5. The van der Waals surface area contributed by atoms with E-state index in [1.807, 2.05) is 12.1 Å². The molecule has 1 amide bonds. The number of carbonyl (C=O) groups excluding carboxylic acids is 1. The smallest absolute Gasteiger partial charge is 0.410 e. The SMILES string of the molecule is C=CCO[C@@]12Oc3ccc(O)cc3[C@H]3[C@H](CCCCO)[C@@H](CCCCO)C=C(C(=NOCc4ccc([N+](=O)[O-])cc4)C[C@@H]1N(Cc1ccc4c(c1)OCO4)C(=O)OCCCl)[C@H]32. The van der Waals surface area contributed by atoms with E-state index in [0.717, 1.165) is 30.4 Å². The first kappa shape index (κ1) is 43.7. The number of fused-ring (bicyclic) bond motifs is 3. The molecular formula is C45H52ClN3O12. The lowest BCUT2D eigenvalue weighted by Crippen LogP contribution is -2.70. The van der Waals surface area contributed by atoms with Crippen LogP contribution in [0.3, 0.4) is 0 Å². The Morgan fingerprint density at radius 1 is 1.00 bits per heavy atom. The van der Waals surface area contributed by atoms with Gasteiger partial charge in [0.15, 0.2) is 11.5 Å². The second-order valence-electron chi connectivity index (χ2n) is 15.6. The van der Waals surface area contributed by atoms with Gasteiger partial charge in [0, 0.05) is 49.8 Å². The third kappa shape index (κ3) is 9.44. The van der Waals surface area contributed by atoms with Crippen molar-refractivity contribution in [3.63, 3.8) is 0 Å². The van der Waals surface area contributed by atoms with Gasteiger partial charge in [-0.25, -0.2) is 4.79 Å². The second kappa shape index (κ2) is 20.0. The molecule has 15 nitrogen and oxygen atoms in total. The average Bonchev–Trinajstić information content (AvgIpc) is 3.74. The van der Waals surface area contributed by atoms with E-state index in [9.17, 15) is 30.2 Å². The van der Waals surface area contributed by atoms with Crippen LogP contribution in [0, 0.1) is 27.9 Å². The average molecular weight is 862 g/mol. The number of hydrogen-bond acceptors (Lipinski definition) is 13. The molecule has 6 atom stereocenters. The van der Waals surface area contributed by atoms with Crippen molar-refractivity contribution in [1.82, 2.24) is 4.90 Å². The van der Waals surface area contributed by atoms with Crippen LogP contribution < -0.4 is 14.2 Å². The summed E-state index contributed by atoms with van der Waals surface area (Å²) >= 11 is 6.07. The summed E-state index contributed by atoms with van der Waals surface area (Å²) in [5, 5.41) is 46.8. The number of nitro benzene ring substituents is 1. The molecule has 0 unspecified atom stereocenters. The Kier molecular flexibility index (Phi) is 14.3. The van der Waals surface area contributed by atoms with Gasteiger partial charge in [-0.05, 0) is 96.7 Å². The lowest BCUT2D eigenvalue weighted by atomic mass is 9.55. The Labute approximate surface area is 359 Å². The van der Waals surface area contributed by atoms with Gasteiger partial charge in [0.05, 0.1) is 29.0 Å². The number of carbonyl (C=O) groups is 1. The minimum absolute atomic E-state index is 0.00123. The number of allylic oxidation sites excluding steroid dienone is 1. The minimum atomic E-state index is -1.58. The Bertz CT molecular complexity index is 2100. The van der Waals surface area contributed by atoms with Crippen LogP contribution in [0.5, 0.6) is 23.0 Å². The van der Waals surface area contributed by atoms with E-state index in [1.54, 1.807) is 47.4 Å². The topological polar surface area (TPSA) is 192 Å². The maximum Gasteiger partial charge on any atom is 0.410 e. The van der Waals surface area contributed by atoms with Gasteiger partial charge in [-0.1, -0.05) is 36.2 Å². The number of halogens is 1. The summed E-state index contributed by atoms with van der Waals surface area (Å²) in [7, 11) is 0. The van der Waals surface area contributed by atoms with E-state index in [-0.39, 0.29) is 87.9 Å². The zero-order valence-corrected chi connectivity index (χ0v) is 34.6. The summed E-state index contributed by atoms with van der Waals surface area (Å²) in [6, 6.07) is 15.6. The number of aliphatic hydroxyl groups excluding tert-OH is 2. The van der Waals surface area contributed by atoms with Gasteiger partial charge in [-0.15, -0.1) is 18.2 Å². The number of non-ortho nitro benzene ring substituents is 1. The summed E-state index contributed by atoms with van der Waals surface area (Å²) in [5.74, 6) is -0.909. The van der Waals surface area contributed by atoms with Crippen LogP contribution in [-0.2, 0) is 27.5 Å². The van der Waals surface area contributed by atoms with E-state index in [2.05, 4.69) is 12.7 Å². The molecule has 2 aliphatic heterocycles. The first-order chi connectivity index (χ1) is 29.7. The Morgan fingerprint density at radius 2 is 1.74 bits per heavy atom. The molecule has 1 fully saturated rings. The van der Waals surface area contributed by atoms with Gasteiger partial charge in [-0.2, -0.15) is 0 Å². The normalized spacial score (nSPS) is 23.9. The number of benzene rings is 3. The van der Waals surface area contributed by atoms with Crippen molar-refractivity contribution >= 4 is 29.1 Å². The van der Waals surface area contributed by atoms with Crippen molar-refractivity contribution < 1.29 is 53.6 Å². The van der Waals surface area contributed by atoms with E-state index in [0.29, 0.717) is 53.3 Å². The van der Waals surface area contributed by atoms with Crippen LogP contribution in [0.2, 0.25) is 0 Å². The number of aliphatic hydroxyl groups is 2. The molecule has 2 heterocycles. The molecule has 0 saturated heterocycles. The number of hydrogen-bond donors (Lipinski definition) is 3. The molecule has 3 N–H and O–H groups in total. The van der Waals surface area contributed by atoms with E-state index in [4.69, 9.17) is 45.3 Å². The minimum Gasteiger partial charge on any atom is -0.508 e. The molecule has 3 aromatic carbocycles. The number of nitrogens with zero attached hydrogens (tertiary/aromatic N) is 3. The molecule has 61 heavy (non-hydrogen) atoms. The van der Waals surface area contributed by atoms with Gasteiger partial charge in [-0.3, -0.25) is 15.0 Å². The molecule has 7 rings (SSSR count). The third-order valence-electron chi connectivity index (χ3n) is 11.9. The number of alkyl halides is 1. The van der Waals surface area contributed by atoms with Crippen LogP contribution in [0.4, 0.5) is 10.5 Å². The number of amides is 1. The van der Waals surface area contributed by atoms with Crippen LogP contribution in [-0.4, -0.2) is 87.9 Å². The van der Waals surface area contributed by atoms with Gasteiger partial charge in [0.25, 0.3) is 5.69 Å². The Hall–Kier alpha value is -5.35. The lowest BCUT2D eigenvalue weighted by molar-refractivity contribution is -0.384. The van der Waals surface area contributed by atoms with Crippen molar-refractivity contribution in [2.45, 2.75) is 75.8 Å². The van der Waals surface area contributed by atoms with Gasteiger partial charge in [0.2, 0.25) is 12.6 Å². The molecule has 3 aromatic rings. The largest absolute Gasteiger partial charge is 0.508 e. The number of phenols is 1. The zero-order valence-electron chi connectivity index (χ0n) is 33.9. The lowest BCUT2D eigenvalue weighted by Gasteiger charge is -2.59. The molecule has 326 valence electrons. The summed E-state index contributed by atoms with van der Waals surface area (Å²) < 4.78 is 31.2. The van der Waals surface area contributed by atoms with Crippen LogP contribution in [0.1, 0.15) is 67.6 Å². The monoisotopic (exact) mass is 861 g/mol. The fraction of sp³-hybridized carbons (Fsp3) is 0.467. The Morgan fingerprint density at radius 3 is 2.48 bits per heavy atom. The highest BCUT2D eigenvalue weighted by Gasteiger charge is 2.65. The number of ether oxygens (including phenoxy) is 5. The van der Waals surface area contributed by atoms with Gasteiger partial charge < -0.3 is 43.8 Å². The number of aromatic hydroxyl groups is 1. The van der Waals surface area contributed by atoms with Crippen LogP contribution >= 0.6 is 11.6 Å². The van der Waals surface area contributed by atoms with E-state index >= 15 is 0 Å². The van der Waals surface area contributed by atoms with Crippen molar-refractivity contribution in [2.75, 3.05) is 39.1 Å². The molecule has 1 saturated carbocycles. The second-order valence-corrected chi connectivity index (χ2v) is 16.0. The summed E-state index contributed by atoms with van der Waals surface area (Å²) in [6.45, 7) is 4.15. The first-order valence-corrected chi connectivity index (χ1v) is 21.2. The molecule has 4 aliphatic rings. The van der Waals surface area contributed by atoms with E-state index < -0.39 is 28.8 Å². The van der Waals surface area contributed by atoms with Crippen molar-refractivity contribution in [3.05, 3.63) is 112 Å². The fourth-order valence-electron chi connectivity index (χ4n) is 9.30. The number of phenolic OH excluding ortho intramolecular Hbond substituents is 1. The standard InChI is InChI=1S/C45H52ClN3O12/c1-2-20-59-45-41(48(44(53)56-21-17-46)26-30-11-15-39-40(22-30)58-28-57-39)25-37(47-60-27-29-9-12-32(13-10-29)49(54)55)35-23-31(7-3-5-18-50)34(8-4-6-19-51)42(43(35)45)36-24-33(52)14-16-38(36)61-45/h2,9-16,22-24,31,34,41-43,50-52H,1,3-8,17-21,25-28H2/t31-,34+,41-,42+,43+,45+/m0/s1. The molecule has 16 heteroatoms. The number of rotatable bonds is 20. The maximum atomic E-state index is 14.5. The zero-order chi connectivity index (χ0) is 42.9. The molecule has 0 spiro atoms. The van der Waals surface area contributed by atoms with Crippen molar-refractivity contribution in [2.24, 2.45) is 22.9 Å². The predicted molar refractivity (Wildman–Crippen MR) is 225 cm³/mol. The van der Waals surface area contributed by atoms with Crippen LogP contribution in [0.15, 0.2) is 90.1 Å². The number of nitro groups is 1. The first-order valence-electron chi connectivity index (χ1n) is 20.7. The van der Waals surface area contributed by atoms with Gasteiger partial charge in [0.1, 0.15) is 30.8 Å². The van der Waals surface area contributed by atoms with Gasteiger partial charge >= 0.3 is 6.09 Å². The van der Waals surface area contributed by atoms with Crippen LogP contribution in [0.25, 0.3) is 0 Å². The third-order valence-corrected chi connectivity index (χ3v) is 12.1. The molecular weight excluding hydrogens is 810 g/mol. The fourth-order valence-corrected chi connectivity index (χ4v) is 9.38. The predicted octanol–water partition coefficient (Wildman–Crippen LogP) is 7.74.